The SMILES string of the molecule is c1ccc(-c2ccc(-c3ccc(N(c4ccc(-c5ccccc5-n5c6ccccc6c6ccccc65)cc4)c4ccccc4-c4cccc5oc6cc7ccccc7cc6c45)cc3)cc2-c2ccccc2)cc1. The lowest BCUT2D eigenvalue weighted by Gasteiger charge is -2.28. The number of rotatable bonds is 9. The number of anilines is 3. The zero-order valence-corrected chi connectivity index (χ0v) is 39.9. The van der Waals surface area contributed by atoms with Crippen LogP contribution >= 0.6 is 0 Å². The van der Waals surface area contributed by atoms with Gasteiger partial charge in [-0.1, -0.05) is 206 Å². The van der Waals surface area contributed by atoms with E-state index in [0.29, 0.717) is 0 Å². The molecule has 3 nitrogen and oxygen atoms in total. The zero-order valence-electron chi connectivity index (χ0n) is 39.9. The maximum atomic E-state index is 6.64. The second-order valence-electron chi connectivity index (χ2n) is 18.8. The maximum absolute atomic E-state index is 6.64. The van der Waals surface area contributed by atoms with E-state index in [2.05, 4.69) is 289 Å². The number of hydrogen-bond acceptors (Lipinski definition) is 2. The first kappa shape index (κ1) is 42.2. The van der Waals surface area contributed by atoms with Gasteiger partial charge < -0.3 is 13.9 Å². The second kappa shape index (κ2) is 17.6. The van der Waals surface area contributed by atoms with Crippen LogP contribution in [0.4, 0.5) is 17.1 Å². The first-order valence-electron chi connectivity index (χ1n) is 25.0. The molecule has 0 atom stereocenters. The minimum absolute atomic E-state index is 0.868. The van der Waals surface area contributed by atoms with Crippen molar-refractivity contribution in [2.75, 3.05) is 4.90 Å². The Balaban J connectivity index is 0.920. The lowest BCUT2D eigenvalue weighted by atomic mass is 9.91. The molecule has 0 saturated heterocycles. The average molecular weight is 931 g/mol. The highest BCUT2D eigenvalue weighted by molar-refractivity contribution is 6.17. The van der Waals surface area contributed by atoms with Crippen LogP contribution in [0.2, 0.25) is 0 Å². The molecule has 12 aromatic carbocycles. The smallest absolute Gasteiger partial charge is 0.136 e. The number of hydrogen-bond donors (Lipinski definition) is 0. The summed E-state index contributed by atoms with van der Waals surface area (Å²) in [5.74, 6) is 0. The van der Waals surface area contributed by atoms with Crippen LogP contribution in [0.3, 0.4) is 0 Å². The Morgan fingerprint density at radius 1 is 0.288 bits per heavy atom. The van der Waals surface area contributed by atoms with Gasteiger partial charge in [0, 0.05) is 44.0 Å². The van der Waals surface area contributed by atoms with E-state index in [0.717, 1.165) is 83.5 Å². The largest absolute Gasteiger partial charge is 0.456 e. The van der Waals surface area contributed by atoms with Gasteiger partial charge in [-0.05, 0) is 128 Å². The van der Waals surface area contributed by atoms with Gasteiger partial charge in [0.25, 0.3) is 0 Å². The van der Waals surface area contributed by atoms with Crippen LogP contribution in [0.15, 0.2) is 283 Å². The number of fused-ring (bicyclic) bond motifs is 7. The molecule has 0 aliphatic carbocycles. The highest BCUT2D eigenvalue weighted by atomic mass is 16.3. The molecule has 2 heterocycles. The van der Waals surface area contributed by atoms with E-state index in [4.69, 9.17) is 4.42 Å². The van der Waals surface area contributed by atoms with Crippen LogP contribution in [0.1, 0.15) is 0 Å². The molecule has 342 valence electrons. The van der Waals surface area contributed by atoms with Gasteiger partial charge in [-0.15, -0.1) is 0 Å². The zero-order chi connectivity index (χ0) is 48.2. The molecule has 2 aromatic heterocycles. The molecule has 0 aliphatic rings. The number of aromatic nitrogens is 1. The van der Waals surface area contributed by atoms with Crippen LogP contribution in [0.25, 0.3) is 116 Å². The summed E-state index contributed by atoms with van der Waals surface area (Å²) in [4.78, 5) is 2.41. The first-order valence-corrected chi connectivity index (χ1v) is 25.0. The molecule has 0 spiro atoms. The monoisotopic (exact) mass is 930 g/mol. The lowest BCUT2D eigenvalue weighted by Crippen LogP contribution is -2.11. The third kappa shape index (κ3) is 7.29. The summed E-state index contributed by atoms with van der Waals surface area (Å²) in [6.45, 7) is 0. The average Bonchev–Trinajstić information content (AvgIpc) is 4.00. The molecular formula is C70H46N2O. The van der Waals surface area contributed by atoms with E-state index < -0.39 is 0 Å². The first-order chi connectivity index (χ1) is 36.2. The van der Waals surface area contributed by atoms with Crippen LogP contribution in [-0.2, 0) is 0 Å². The fourth-order valence-electron chi connectivity index (χ4n) is 11.2. The molecule has 0 unspecified atom stereocenters. The topological polar surface area (TPSA) is 21.3 Å². The van der Waals surface area contributed by atoms with E-state index in [1.54, 1.807) is 0 Å². The van der Waals surface area contributed by atoms with Gasteiger partial charge in [-0.3, -0.25) is 0 Å². The minimum atomic E-state index is 0.868. The third-order valence-electron chi connectivity index (χ3n) is 14.6. The number of benzene rings is 12. The Bertz CT molecular complexity index is 4300. The van der Waals surface area contributed by atoms with Crippen molar-refractivity contribution in [3.8, 4) is 61.3 Å². The van der Waals surface area contributed by atoms with E-state index in [1.807, 2.05) is 0 Å². The molecule has 14 aromatic rings. The summed E-state index contributed by atoms with van der Waals surface area (Å²) < 4.78 is 9.06. The summed E-state index contributed by atoms with van der Waals surface area (Å²) in [5, 5.41) is 7.06. The van der Waals surface area contributed by atoms with Crippen molar-refractivity contribution in [3.05, 3.63) is 279 Å². The van der Waals surface area contributed by atoms with E-state index in [1.165, 1.54) is 49.4 Å². The molecule has 73 heavy (non-hydrogen) atoms. The molecular weight excluding hydrogens is 885 g/mol. The van der Waals surface area contributed by atoms with Gasteiger partial charge in [0.05, 0.1) is 22.4 Å². The highest BCUT2D eigenvalue weighted by Gasteiger charge is 2.22. The van der Waals surface area contributed by atoms with Crippen molar-refractivity contribution in [1.82, 2.24) is 4.57 Å². The summed E-state index contributed by atoms with van der Waals surface area (Å²) in [6, 6.07) is 101. The fourth-order valence-corrected chi connectivity index (χ4v) is 11.2. The Morgan fingerprint density at radius 3 is 1.51 bits per heavy atom. The summed E-state index contributed by atoms with van der Waals surface area (Å²) in [6.07, 6.45) is 0. The molecule has 0 fully saturated rings. The van der Waals surface area contributed by atoms with Crippen LogP contribution < -0.4 is 4.90 Å². The summed E-state index contributed by atoms with van der Waals surface area (Å²) >= 11 is 0. The molecule has 0 radical (unpaired) electrons. The molecule has 0 bridgehead atoms. The molecule has 14 rings (SSSR count). The van der Waals surface area contributed by atoms with Gasteiger partial charge >= 0.3 is 0 Å². The number of nitrogens with zero attached hydrogens (tertiary/aromatic N) is 2. The summed E-state index contributed by atoms with van der Waals surface area (Å²) in [5.41, 5.74) is 20.1. The lowest BCUT2D eigenvalue weighted by molar-refractivity contribution is 0.669. The van der Waals surface area contributed by atoms with Crippen molar-refractivity contribution in [2.45, 2.75) is 0 Å². The van der Waals surface area contributed by atoms with E-state index in [9.17, 15) is 0 Å². The third-order valence-corrected chi connectivity index (χ3v) is 14.6. The standard InChI is InChI=1S/C70H46N2O/c1-3-18-48(19-4-1)56-43-38-53(44-62(56)49-20-5-2-6-21-49)47-34-39-54(40-35-47)71(65-30-14-12-27-60(65)61-28-17-33-68-70(61)63-45-51-22-7-8-23-52(51)46-69(63)73-68)55-41-36-50(37-42-55)57-24-9-13-29-64(57)72-66-31-15-10-25-58(66)59-26-11-16-32-67(59)72/h1-46H. The fraction of sp³-hybridized carbons (Fsp3) is 0. The Morgan fingerprint density at radius 2 is 0.808 bits per heavy atom. The van der Waals surface area contributed by atoms with E-state index in [-0.39, 0.29) is 0 Å². The van der Waals surface area contributed by atoms with Crippen LogP contribution in [-0.4, -0.2) is 4.57 Å². The van der Waals surface area contributed by atoms with Crippen molar-refractivity contribution in [2.24, 2.45) is 0 Å². The van der Waals surface area contributed by atoms with Crippen molar-refractivity contribution in [1.29, 1.82) is 0 Å². The van der Waals surface area contributed by atoms with Crippen molar-refractivity contribution < 1.29 is 4.42 Å². The van der Waals surface area contributed by atoms with Crippen molar-refractivity contribution in [3.63, 3.8) is 0 Å². The van der Waals surface area contributed by atoms with Gasteiger partial charge in [0.2, 0.25) is 0 Å². The van der Waals surface area contributed by atoms with Crippen molar-refractivity contribution >= 4 is 71.6 Å². The van der Waals surface area contributed by atoms with Gasteiger partial charge in [-0.2, -0.15) is 0 Å². The van der Waals surface area contributed by atoms with Gasteiger partial charge in [0.15, 0.2) is 0 Å². The number of furan rings is 1. The Hall–Kier alpha value is -9.70. The predicted molar refractivity (Wildman–Crippen MR) is 307 cm³/mol. The van der Waals surface area contributed by atoms with E-state index >= 15 is 0 Å². The maximum Gasteiger partial charge on any atom is 0.136 e. The molecule has 0 amide bonds. The highest BCUT2D eigenvalue weighted by Crippen LogP contribution is 2.47. The van der Waals surface area contributed by atoms with Gasteiger partial charge in [-0.25, -0.2) is 0 Å². The quantitative estimate of drug-likeness (QED) is 0.144. The number of para-hydroxylation sites is 4. The normalized spacial score (nSPS) is 11.6. The Labute approximate surface area is 423 Å². The predicted octanol–water partition coefficient (Wildman–Crippen LogP) is 19.6. The second-order valence-corrected chi connectivity index (χ2v) is 18.8. The van der Waals surface area contributed by atoms with Crippen LogP contribution in [0, 0.1) is 0 Å². The molecule has 3 heteroatoms. The van der Waals surface area contributed by atoms with Gasteiger partial charge in [0.1, 0.15) is 11.2 Å². The minimum Gasteiger partial charge on any atom is -0.456 e. The molecule has 0 N–H and O–H groups in total. The molecule has 0 saturated carbocycles. The summed E-state index contributed by atoms with van der Waals surface area (Å²) in [7, 11) is 0. The van der Waals surface area contributed by atoms with Crippen LogP contribution in [0.5, 0.6) is 0 Å². The molecule has 0 aliphatic heterocycles. The Kier molecular flexibility index (Phi) is 10.2.